The summed E-state index contributed by atoms with van der Waals surface area (Å²) in [6.45, 7) is 1.57. The molecular weight excluding hydrogens is 371 g/mol. The number of carbonyl (C=O) groups is 1. The molecule has 0 aromatic heterocycles. The van der Waals surface area contributed by atoms with Gasteiger partial charge in [0, 0.05) is 25.7 Å². The van der Waals surface area contributed by atoms with E-state index in [2.05, 4.69) is 16.2 Å². The van der Waals surface area contributed by atoms with Crippen molar-refractivity contribution in [1.82, 2.24) is 21.1 Å². The number of carbonyl (C=O) groups excluding carboxylic acids is 1. The first-order valence-corrected chi connectivity index (χ1v) is 10.0. The third-order valence-electron chi connectivity index (χ3n) is 5.02. The van der Waals surface area contributed by atoms with Crippen LogP contribution in [-0.2, 0) is 0 Å². The third kappa shape index (κ3) is 6.73. The fourth-order valence-electron chi connectivity index (χ4n) is 3.41. The monoisotopic (exact) mass is 400 g/mol. The molecule has 0 spiro atoms. The molecule has 3 rings (SSSR count). The molecule has 0 aliphatic carbocycles. The maximum atomic E-state index is 13.4. The van der Waals surface area contributed by atoms with Crippen LogP contribution in [0.1, 0.15) is 30.9 Å². The van der Waals surface area contributed by atoms with Gasteiger partial charge in [0.1, 0.15) is 18.2 Å². The number of ether oxygens (including phenoxy) is 1. The second kappa shape index (κ2) is 10.8. The van der Waals surface area contributed by atoms with Crippen molar-refractivity contribution in [1.29, 1.82) is 0 Å². The van der Waals surface area contributed by atoms with Crippen molar-refractivity contribution in [3.63, 3.8) is 0 Å². The summed E-state index contributed by atoms with van der Waals surface area (Å²) in [6.07, 6.45) is 2.73. The molecule has 0 saturated carbocycles. The molecule has 2 amide bonds. The Kier molecular flexibility index (Phi) is 7.84. The lowest BCUT2D eigenvalue weighted by Crippen LogP contribution is -2.40. The van der Waals surface area contributed by atoms with E-state index in [0.717, 1.165) is 30.6 Å². The molecule has 1 heterocycles. The first-order valence-electron chi connectivity index (χ1n) is 10.0. The van der Waals surface area contributed by atoms with E-state index in [9.17, 15) is 9.18 Å². The van der Waals surface area contributed by atoms with E-state index in [0.29, 0.717) is 25.7 Å². The molecule has 6 nitrogen and oxygen atoms in total. The standard InChI is InChI=1S/C22H29FN4O2/c1-27(22(28)24-12-14-29-20-10-3-2-4-11-20)13-6-9-19-16-21(26-25-19)17-7-5-8-18(23)15-17/h2-5,7-8,10-11,15,19,21,25-26H,6,9,12-14,16H2,1H3,(H,24,28). The highest BCUT2D eigenvalue weighted by Crippen LogP contribution is 2.24. The molecule has 1 fully saturated rings. The quantitative estimate of drug-likeness (QED) is 0.566. The smallest absolute Gasteiger partial charge is 0.317 e. The van der Waals surface area contributed by atoms with Crippen molar-refractivity contribution >= 4 is 6.03 Å². The van der Waals surface area contributed by atoms with Gasteiger partial charge in [-0.1, -0.05) is 30.3 Å². The van der Waals surface area contributed by atoms with E-state index >= 15 is 0 Å². The summed E-state index contributed by atoms with van der Waals surface area (Å²) in [6, 6.07) is 16.5. The summed E-state index contributed by atoms with van der Waals surface area (Å²) in [5, 5.41) is 2.86. The van der Waals surface area contributed by atoms with Gasteiger partial charge in [0.05, 0.1) is 6.54 Å². The van der Waals surface area contributed by atoms with Gasteiger partial charge in [0.25, 0.3) is 0 Å². The molecule has 0 radical (unpaired) electrons. The Morgan fingerprint density at radius 1 is 1.21 bits per heavy atom. The van der Waals surface area contributed by atoms with Gasteiger partial charge >= 0.3 is 6.03 Å². The number of benzene rings is 2. The van der Waals surface area contributed by atoms with E-state index in [1.54, 1.807) is 24.1 Å². The zero-order valence-electron chi connectivity index (χ0n) is 16.7. The lowest BCUT2D eigenvalue weighted by atomic mass is 9.99. The van der Waals surface area contributed by atoms with Gasteiger partial charge in [-0.2, -0.15) is 0 Å². The summed E-state index contributed by atoms with van der Waals surface area (Å²) in [4.78, 5) is 13.8. The molecular formula is C22H29FN4O2. The van der Waals surface area contributed by atoms with Gasteiger partial charge in [-0.3, -0.25) is 10.9 Å². The fraction of sp³-hybridized carbons (Fsp3) is 0.409. The summed E-state index contributed by atoms with van der Waals surface area (Å²) < 4.78 is 18.9. The van der Waals surface area contributed by atoms with Crippen molar-refractivity contribution in [3.05, 3.63) is 66.0 Å². The van der Waals surface area contributed by atoms with E-state index < -0.39 is 0 Å². The average molecular weight is 400 g/mol. The predicted octanol–water partition coefficient (Wildman–Crippen LogP) is 3.23. The SMILES string of the molecule is CN(CCCC1CC(c2cccc(F)c2)NN1)C(=O)NCCOc1ccccc1. The van der Waals surface area contributed by atoms with E-state index in [-0.39, 0.29) is 17.9 Å². The molecule has 3 N–H and O–H groups in total. The number of nitrogens with zero attached hydrogens (tertiary/aromatic N) is 1. The molecule has 2 aromatic carbocycles. The highest BCUT2D eigenvalue weighted by Gasteiger charge is 2.24. The Morgan fingerprint density at radius 3 is 2.83 bits per heavy atom. The first kappa shape index (κ1) is 21.1. The lowest BCUT2D eigenvalue weighted by Gasteiger charge is -2.19. The second-order valence-corrected chi connectivity index (χ2v) is 7.29. The molecule has 2 atom stereocenters. The minimum Gasteiger partial charge on any atom is -0.492 e. The lowest BCUT2D eigenvalue weighted by molar-refractivity contribution is 0.204. The highest BCUT2D eigenvalue weighted by molar-refractivity contribution is 5.73. The van der Waals surface area contributed by atoms with Crippen LogP contribution in [0, 0.1) is 5.82 Å². The van der Waals surface area contributed by atoms with Crippen molar-refractivity contribution in [2.24, 2.45) is 0 Å². The Hall–Kier alpha value is -2.64. The van der Waals surface area contributed by atoms with Crippen LogP contribution in [0.2, 0.25) is 0 Å². The van der Waals surface area contributed by atoms with Gasteiger partial charge in [-0.15, -0.1) is 0 Å². The molecule has 2 unspecified atom stereocenters. The van der Waals surface area contributed by atoms with E-state index in [1.807, 2.05) is 36.4 Å². The van der Waals surface area contributed by atoms with Crippen LogP contribution >= 0.6 is 0 Å². The number of hydrogen-bond donors (Lipinski definition) is 3. The van der Waals surface area contributed by atoms with Gasteiger partial charge in [0.2, 0.25) is 0 Å². The molecule has 2 aromatic rings. The molecule has 156 valence electrons. The number of nitrogens with one attached hydrogen (secondary N) is 3. The third-order valence-corrected chi connectivity index (χ3v) is 5.02. The Bertz CT molecular complexity index is 774. The Balaban J connectivity index is 1.28. The van der Waals surface area contributed by atoms with Crippen LogP contribution in [0.15, 0.2) is 54.6 Å². The second-order valence-electron chi connectivity index (χ2n) is 7.29. The van der Waals surface area contributed by atoms with Crippen molar-refractivity contribution in [2.75, 3.05) is 26.7 Å². The van der Waals surface area contributed by atoms with Crippen molar-refractivity contribution < 1.29 is 13.9 Å². The van der Waals surface area contributed by atoms with Crippen LogP contribution in [-0.4, -0.2) is 43.7 Å². The summed E-state index contributed by atoms with van der Waals surface area (Å²) >= 11 is 0. The minimum atomic E-state index is -0.213. The summed E-state index contributed by atoms with van der Waals surface area (Å²) in [7, 11) is 1.79. The summed E-state index contributed by atoms with van der Waals surface area (Å²) in [5.74, 6) is 0.582. The fourth-order valence-corrected chi connectivity index (χ4v) is 3.41. The number of rotatable bonds is 9. The number of para-hydroxylation sites is 1. The molecule has 0 bridgehead atoms. The van der Waals surface area contributed by atoms with Crippen molar-refractivity contribution in [3.8, 4) is 5.75 Å². The van der Waals surface area contributed by atoms with Crippen LogP contribution in [0.4, 0.5) is 9.18 Å². The predicted molar refractivity (Wildman–Crippen MR) is 111 cm³/mol. The Morgan fingerprint density at radius 2 is 2.03 bits per heavy atom. The largest absolute Gasteiger partial charge is 0.492 e. The Labute approximate surface area is 171 Å². The molecule has 1 saturated heterocycles. The molecule has 7 heteroatoms. The van der Waals surface area contributed by atoms with Gasteiger partial charge in [-0.25, -0.2) is 9.18 Å². The van der Waals surface area contributed by atoms with Crippen LogP contribution in [0.3, 0.4) is 0 Å². The molecule has 1 aliphatic rings. The number of halogens is 1. The van der Waals surface area contributed by atoms with Gasteiger partial charge in [0.15, 0.2) is 0 Å². The number of hydrazine groups is 1. The van der Waals surface area contributed by atoms with Gasteiger partial charge in [-0.05, 0) is 49.1 Å². The number of hydrogen-bond acceptors (Lipinski definition) is 4. The maximum absolute atomic E-state index is 13.4. The normalized spacial score (nSPS) is 18.4. The maximum Gasteiger partial charge on any atom is 0.317 e. The molecule has 1 aliphatic heterocycles. The zero-order chi connectivity index (χ0) is 20.5. The van der Waals surface area contributed by atoms with Crippen LogP contribution < -0.4 is 20.9 Å². The number of amides is 2. The first-order chi connectivity index (χ1) is 14.1. The summed E-state index contributed by atoms with van der Waals surface area (Å²) in [5.41, 5.74) is 7.47. The van der Waals surface area contributed by atoms with Crippen molar-refractivity contribution in [2.45, 2.75) is 31.3 Å². The topological polar surface area (TPSA) is 65.6 Å². The number of urea groups is 1. The van der Waals surface area contributed by atoms with E-state index in [1.165, 1.54) is 6.07 Å². The molecule has 29 heavy (non-hydrogen) atoms. The highest BCUT2D eigenvalue weighted by atomic mass is 19.1. The zero-order valence-corrected chi connectivity index (χ0v) is 16.7. The van der Waals surface area contributed by atoms with E-state index in [4.69, 9.17) is 4.74 Å². The average Bonchev–Trinajstić information content (AvgIpc) is 3.21. The van der Waals surface area contributed by atoms with Crippen LogP contribution in [0.25, 0.3) is 0 Å². The van der Waals surface area contributed by atoms with Crippen LogP contribution in [0.5, 0.6) is 5.75 Å². The van der Waals surface area contributed by atoms with Gasteiger partial charge < -0.3 is 15.0 Å². The minimum absolute atomic E-state index is 0.100.